The molecule has 134 valence electrons. The second-order valence-electron chi connectivity index (χ2n) is 6.95. The highest BCUT2D eigenvalue weighted by atomic mass is 16.6. The quantitative estimate of drug-likeness (QED) is 0.746. The van der Waals surface area contributed by atoms with Crippen LogP contribution in [0, 0.1) is 5.92 Å². The molecule has 1 aromatic carbocycles. The van der Waals surface area contributed by atoms with Crippen LogP contribution in [0.15, 0.2) is 24.3 Å². The zero-order valence-corrected chi connectivity index (χ0v) is 15.1. The fraction of sp³-hybridized carbons (Fsp3) is 0.556. The van der Waals surface area contributed by atoms with E-state index in [4.69, 9.17) is 9.47 Å². The summed E-state index contributed by atoms with van der Waals surface area (Å²) in [6.45, 7) is 10.2. The Hall–Kier alpha value is -2.24. The van der Waals surface area contributed by atoms with Gasteiger partial charge in [0.05, 0.1) is 6.54 Å². The number of carbonyl (C=O) groups excluding carboxylic acids is 2. The molecular formula is C18H28N2O4. The first-order valence-corrected chi connectivity index (χ1v) is 8.15. The Morgan fingerprint density at radius 3 is 2.54 bits per heavy atom. The van der Waals surface area contributed by atoms with E-state index in [0.717, 1.165) is 0 Å². The minimum atomic E-state index is -0.549. The molecule has 0 spiro atoms. The Bertz CT molecular complexity index is 550. The topological polar surface area (TPSA) is 76.7 Å². The predicted octanol–water partition coefficient (Wildman–Crippen LogP) is 3.57. The van der Waals surface area contributed by atoms with Gasteiger partial charge >= 0.3 is 6.09 Å². The van der Waals surface area contributed by atoms with Gasteiger partial charge in [-0.1, -0.05) is 19.9 Å². The van der Waals surface area contributed by atoms with E-state index in [1.807, 2.05) is 13.8 Å². The molecule has 0 bridgehead atoms. The third-order valence-corrected chi connectivity index (χ3v) is 2.77. The lowest BCUT2D eigenvalue weighted by molar-refractivity contribution is -0.121. The number of carbonyl (C=O) groups is 2. The van der Waals surface area contributed by atoms with Gasteiger partial charge in [0.25, 0.3) is 0 Å². The second-order valence-corrected chi connectivity index (χ2v) is 6.95. The summed E-state index contributed by atoms with van der Waals surface area (Å²) in [4.78, 5) is 23.3. The Morgan fingerprint density at radius 2 is 1.92 bits per heavy atom. The number of amides is 2. The zero-order chi connectivity index (χ0) is 18.2. The molecule has 0 fully saturated rings. The van der Waals surface area contributed by atoms with Crippen LogP contribution in [0.3, 0.4) is 0 Å². The van der Waals surface area contributed by atoms with E-state index in [-0.39, 0.29) is 5.91 Å². The first-order chi connectivity index (χ1) is 11.2. The Morgan fingerprint density at radius 1 is 1.21 bits per heavy atom. The smallest absolute Gasteiger partial charge is 0.412 e. The van der Waals surface area contributed by atoms with Gasteiger partial charge in [-0.3, -0.25) is 10.1 Å². The molecule has 2 N–H and O–H groups in total. The van der Waals surface area contributed by atoms with Crippen LogP contribution in [0.2, 0.25) is 0 Å². The van der Waals surface area contributed by atoms with E-state index in [1.165, 1.54) is 0 Å². The van der Waals surface area contributed by atoms with E-state index < -0.39 is 11.7 Å². The number of hydrogen-bond donors (Lipinski definition) is 2. The minimum absolute atomic E-state index is 0.0222. The number of nitrogens with one attached hydrogen (secondary N) is 2. The number of hydrogen-bond acceptors (Lipinski definition) is 4. The van der Waals surface area contributed by atoms with Crippen molar-refractivity contribution in [2.45, 2.75) is 46.6 Å². The number of anilines is 1. The summed E-state index contributed by atoms with van der Waals surface area (Å²) >= 11 is 0. The van der Waals surface area contributed by atoms with Crippen LogP contribution in [0.4, 0.5) is 10.5 Å². The second kappa shape index (κ2) is 9.15. The van der Waals surface area contributed by atoms with Crippen LogP contribution in [-0.4, -0.2) is 30.8 Å². The summed E-state index contributed by atoms with van der Waals surface area (Å²) < 4.78 is 10.8. The van der Waals surface area contributed by atoms with Crippen molar-refractivity contribution in [1.29, 1.82) is 0 Å². The van der Waals surface area contributed by atoms with Gasteiger partial charge in [-0.25, -0.2) is 4.79 Å². The molecule has 0 saturated heterocycles. The van der Waals surface area contributed by atoms with Crippen molar-refractivity contribution in [3.05, 3.63) is 24.3 Å². The first kappa shape index (κ1) is 19.8. The highest BCUT2D eigenvalue weighted by Gasteiger charge is 2.16. The van der Waals surface area contributed by atoms with E-state index in [2.05, 4.69) is 10.6 Å². The fourth-order valence-corrected chi connectivity index (χ4v) is 1.89. The third-order valence-electron chi connectivity index (χ3n) is 2.77. The molecule has 2 amide bonds. The molecule has 0 aliphatic heterocycles. The van der Waals surface area contributed by atoms with Gasteiger partial charge in [0.2, 0.25) is 5.91 Å². The first-order valence-electron chi connectivity index (χ1n) is 8.15. The highest BCUT2D eigenvalue weighted by Crippen LogP contribution is 2.18. The van der Waals surface area contributed by atoms with E-state index in [0.29, 0.717) is 36.9 Å². The van der Waals surface area contributed by atoms with Gasteiger partial charge in [0.1, 0.15) is 18.0 Å². The Kier molecular flexibility index (Phi) is 7.55. The average molecular weight is 336 g/mol. The maximum atomic E-state index is 11.7. The third kappa shape index (κ3) is 9.02. The summed E-state index contributed by atoms with van der Waals surface area (Å²) in [5.74, 6) is 0.970. The Labute approximate surface area is 143 Å². The molecule has 0 heterocycles. The molecule has 0 saturated carbocycles. The van der Waals surface area contributed by atoms with Crippen molar-refractivity contribution in [1.82, 2.24) is 5.32 Å². The lowest BCUT2D eigenvalue weighted by atomic mass is 10.1. The van der Waals surface area contributed by atoms with Gasteiger partial charge in [-0.15, -0.1) is 0 Å². The molecule has 0 radical (unpaired) electrons. The van der Waals surface area contributed by atoms with E-state index >= 15 is 0 Å². The van der Waals surface area contributed by atoms with Gasteiger partial charge in [0, 0.05) is 18.2 Å². The van der Waals surface area contributed by atoms with Crippen LogP contribution in [0.1, 0.15) is 41.0 Å². The largest absolute Gasteiger partial charge is 0.492 e. The molecule has 6 heteroatoms. The number of ether oxygens (including phenoxy) is 2. The summed E-state index contributed by atoms with van der Waals surface area (Å²) in [5, 5.41) is 5.46. The molecule has 1 rings (SSSR count). The SMILES string of the molecule is CC(C)CC(=O)NCCOc1cccc(NC(=O)OC(C)(C)C)c1. The molecule has 1 aromatic rings. The average Bonchev–Trinajstić information content (AvgIpc) is 2.41. The maximum absolute atomic E-state index is 11.7. The van der Waals surface area contributed by atoms with Crippen molar-refractivity contribution in [3.63, 3.8) is 0 Å². The molecule has 24 heavy (non-hydrogen) atoms. The standard InChI is InChI=1S/C18H28N2O4/c1-13(2)11-16(21)19-9-10-23-15-8-6-7-14(12-15)20-17(22)24-18(3,4)5/h6-8,12-13H,9-11H2,1-5H3,(H,19,21)(H,20,22). The summed E-state index contributed by atoms with van der Waals surface area (Å²) in [6.07, 6.45) is -0.00411. The summed E-state index contributed by atoms with van der Waals surface area (Å²) in [7, 11) is 0. The zero-order valence-electron chi connectivity index (χ0n) is 15.1. The monoisotopic (exact) mass is 336 g/mol. The lowest BCUT2D eigenvalue weighted by Gasteiger charge is -2.19. The van der Waals surface area contributed by atoms with Crippen molar-refractivity contribution >= 4 is 17.7 Å². The van der Waals surface area contributed by atoms with Crippen molar-refractivity contribution in [3.8, 4) is 5.75 Å². The normalized spacial score (nSPS) is 11.1. The molecule has 6 nitrogen and oxygen atoms in total. The van der Waals surface area contributed by atoms with Gasteiger partial charge in [0.15, 0.2) is 0 Å². The van der Waals surface area contributed by atoms with Crippen molar-refractivity contribution < 1.29 is 19.1 Å². The van der Waals surface area contributed by atoms with Crippen LogP contribution < -0.4 is 15.4 Å². The highest BCUT2D eigenvalue weighted by molar-refractivity contribution is 5.85. The van der Waals surface area contributed by atoms with Crippen molar-refractivity contribution in [2.24, 2.45) is 5.92 Å². The summed E-state index contributed by atoms with van der Waals surface area (Å²) in [5.41, 5.74) is 0.0393. The predicted molar refractivity (Wildman–Crippen MR) is 94.3 cm³/mol. The fourth-order valence-electron chi connectivity index (χ4n) is 1.89. The minimum Gasteiger partial charge on any atom is -0.492 e. The van der Waals surface area contributed by atoms with Crippen LogP contribution in [0.5, 0.6) is 5.75 Å². The number of benzene rings is 1. The molecule has 0 aliphatic rings. The van der Waals surface area contributed by atoms with Crippen LogP contribution in [-0.2, 0) is 9.53 Å². The van der Waals surface area contributed by atoms with Crippen molar-refractivity contribution in [2.75, 3.05) is 18.5 Å². The summed E-state index contributed by atoms with van der Waals surface area (Å²) in [6, 6.07) is 7.02. The number of rotatable bonds is 7. The lowest BCUT2D eigenvalue weighted by Crippen LogP contribution is -2.28. The van der Waals surface area contributed by atoms with Gasteiger partial charge < -0.3 is 14.8 Å². The van der Waals surface area contributed by atoms with E-state index in [9.17, 15) is 9.59 Å². The maximum Gasteiger partial charge on any atom is 0.412 e. The Balaban J connectivity index is 2.40. The molecular weight excluding hydrogens is 308 g/mol. The molecule has 0 atom stereocenters. The molecule has 0 unspecified atom stereocenters. The van der Waals surface area contributed by atoms with Gasteiger partial charge in [-0.05, 0) is 38.8 Å². The van der Waals surface area contributed by atoms with Gasteiger partial charge in [-0.2, -0.15) is 0 Å². The molecule has 0 aliphatic carbocycles. The van der Waals surface area contributed by atoms with Crippen LogP contribution in [0.25, 0.3) is 0 Å². The van der Waals surface area contributed by atoms with E-state index in [1.54, 1.807) is 45.0 Å². The molecule has 0 aromatic heterocycles. The van der Waals surface area contributed by atoms with Crippen LogP contribution >= 0.6 is 0 Å².